The maximum absolute atomic E-state index is 12.0. The lowest BCUT2D eigenvalue weighted by atomic mass is 10.1. The fourth-order valence-electron chi connectivity index (χ4n) is 1.93. The molecule has 1 aromatic carbocycles. The Hall–Kier alpha value is -2.89. The molecule has 0 saturated carbocycles. The zero-order valence-corrected chi connectivity index (χ0v) is 12.0. The van der Waals surface area contributed by atoms with E-state index in [0.717, 1.165) is 5.56 Å². The van der Waals surface area contributed by atoms with Crippen molar-refractivity contribution in [3.05, 3.63) is 59.9 Å². The van der Waals surface area contributed by atoms with E-state index in [1.165, 1.54) is 12.3 Å². The third kappa shape index (κ3) is 4.05. The number of nitrogens with one attached hydrogen (secondary N) is 1. The minimum atomic E-state index is -1.10. The SMILES string of the molecule is COc1ccc(C[C@H](NC(=O)c2ccccn2)C(=O)O)cc1. The summed E-state index contributed by atoms with van der Waals surface area (Å²) >= 11 is 0. The number of benzene rings is 1. The average Bonchev–Trinajstić information content (AvgIpc) is 2.55. The van der Waals surface area contributed by atoms with Gasteiger partial charge in [-0.25, -0.2) is 4.79 Å². The van der Waals surface area contributed by atoms with Crippen LogP contribution in [0.5, 0.6) is 5.75 Å². The van der Waals surface area contributed by atoms with Crippen LogP contribution in [0.4, 0.5) is 0 Å². The highest BCUT2D eigenvalue weighted by atomic mass is 16.5. The minimum absolute atomic E-state index is 0.178. The number of rotatable bonds is 6. The first-order chi connectivity index (χ1) is 10.6. The van der Waals surface area contributed by atoms with E-state index in [2.05, 4.69) is 10.3 Å². The van der Waals surface area contributed by atoms with E-state index in [9.17, 15) is 14.7 Å². The molecule has 2 N–H and O–H groups in total. The quantitative estimate of drug-likeness (QED) is 0.844. The first kappa shape index (κ1) is 15.5. The van der Waals surface area contributed by atoms with Crippen molar-refractivity contribution >= 4 is 11.9 Å². The number of carbonyl (C=O) groups excluding carboxylic acids is 1. The van der Waals surface area contributed by atoms with Crippen molar-refractivity contribution in [1.29, 1.82) is 0 Å². The molecule has 0 radical (unpaired) electrons. The van der Waals surface area contributed by atoms with Crippen molar-refractivity contribution in [2.24, 2.45) is 0 Å². The van der Waals surface area contributed by atoms with Crippen molar-refractivity contribution in [2.45, 2.75) is 12.5 Å². The van der Waals surface area contributed by atoms with Gasteiger partial charge >= 0.3 is 5.97 Å². The van der Waals surface area contributed by atoms with Crippen molar-refractivity contribution in [3.63, 3.8) is 0 Å². The van der Waals surface area contributed by atoms with Gasteiger partial charge in [0, 0.05) is 12.6 Å². The van der Waals surface area contributed by atoms with Crippen molar-refractivity contribution < 1.29 is 19.4 Å². The Morgan fingerprint density at radius 3 is 2.50 bits per heavy atom. The first-order valence-corrected chi connectivity index (χ1v) is 6.68. The number of aromatic nitrogens is 1. The summed E-state index contributed by atoms with van der Waals surface area (Å²) < 4.78 is 5.05. The summed E-state index contributed by atoms with van der Waals surface area (Å²) in [6.45, 7) is 0. The summed E-state index contributed by atoms with van der Waals surface area (Å²) in [5, 5.41) is 11.7. The highest BCUT2D eigenvalue weighted by molar-refractivity contribution is 5.94. The number of hydrogen-bond donors (Lipinski definition) is 2. The van der Waals surface area contributed by atoms with Crippen LogP contribution in [0.25, 0.3) is 0 Å². The third-order valence-electron chi connectivity index (χ3n) is 3.10. The molecule has 6 heteroatoms. The average molecular weight is 300 g/mol. The number of nitrogens with zero attached hydrogens (tertiary/aromatic N) is 1. The molecule has 2 rings (SSSR count). The van der Waals surface area contributed by atoms with Gasteiger partial charge in [-0.2, -0.15) is 0 Å². The van der Waals surface area contributed by atoms with Crippen LogP contribution < -0.4 is 10.1 Å². The number of carboxylic acid groups (broad SMARTS) is 1. The van der Waals surface area contributed by atoms with Gasteiger partial charge in [0.15, 0.2) is 0 Å². The molecule has 1 aromatic heterocycles. The number of amides is 1. The molecule has 0 aliphatic heterocycles. The standard InChI is InChI=1S/C16H16N2O4/c1-22-12-7-5-11(6-8-12)10-14(16(20)21)18-15(19)13-4-2-3-9-17-13/h2-9,14H,10H2,1H3,(H,18,19)(H,20,21)/t14-/m0/s1. The third-order valence-corrected chi connectivity index (χ3v) is 3.10. The predicted octanol–water partition coefficient (Wildman–Crippen LogP) is 1.52. The lowest BCUT2D eigenvalue weighted by Crippen LogP contribution is -2.42. The van der Waals surface area contributed by atoms with Crippen LogP contribution in [0.3, 0.4) is 0 Å². The van der Waals surface area contributed by atoms with Gasteiger partial charge in [-0.15, -0.1) is 0 Å². The predicted molar refractivity (Wildman–Crippen MR) is 79.8 cm³/mol. The van der Waals surface area contributed by atoms with Crippen LogP contribution in [-0.2, 0) is 11.2 Å². The summed E-state index contributed by atoms with van der Waals surface area (Å²) in [7, 11) is 1.56. The Bertz CT molecular complexity index is 641. The lowest BCUT2D eigenvalue weighted by molar-refractivity contribution is -0.139. The highest BCUT2D eigenvalue weighted by Crippen LogP contribution is 2.13. The fraction of sp³-hybridized carbons (Fsp3) is 0.188. The number of aliphatic carboxylic acids is 1. The Labute approximate surface area is 127 Å². The number of pyridine rings is 1. The van der Waals surface area contributed by atoms with Crippen LogP contribution in [0, 0.1) is 0 Å². The molecule has 22 heavy (non-hydrogen) atoms. The fourth-order valence-corrected chi connectivity index (χ4v) is 1.93. The van der Waals surface area contributed by atoms with E-state index in [0.29, 0.717) is 5.75 Å². The van der Waals surface area contributed by atoms with Crippen LogP contribution >= 0.6 is 0 Å². The van der Waals surface area contributed by atoms with Gasteiger partial charge in [0.25, 0.3) is 5.91 Å². The van der Waals surface area contributed by atoms with Gasteiger partial charge < -0.3 is 15.2 Å². The van der Waals surface area contributed by atoms with Gasteiger partial charge in [0.1, 0.15) is 17.5 Å². The summed E-state index contributed by atoms with van der Waals surface area (Å²) in [6, 6.07) is 10.9. The minimum Gasteiger partial charge on any atom is -0.497 e. The van der Waals surface area contributed by atoms with Crippen molar-refractivity contribution in [2.75, 3.05) is 7.11 Å². The molecule has 0 saturated heterocycles. The van der Waals surface area contributed by atoms with E-state index in [1.54, 1.807) is 43.5 Å². The lowest BCUT2D eigenvalue weighted by Gasteiger charge is -2.14. The summed E-state index contributed by atoms with van der Waals surface area (Å²) in [5.74, 6) is -0.922. The second-order valence-corrected chi connectivity index (χ2v) is 4.63. The Kier molecular flexibility index (Phi) is 5.08. The molecule has 0 unspecified atom stereocenters. The van der Waals surface area contributed by atoms with Crippen LogP contribution in [-0.4, -0.2) is 35.1 Å². The van der Waals surface area contributed by atoms with E-state index in [4.69, 9.17) is 4.74 Å². The van der Waals surface area contributed by atoms with Gasteiger partial charge in [-0.3, -0.25) is 9.78 Å². The number of carbonyl (C=O) groups is 2. The van der Waals surface area contributed by atoms with E-state index in [1.807, 2.05) is 0 Å². The van der Waals surface area contributed by atoms with Crippen LogP contribution in [0.15, 0.2) is 48.7 Å². The first-order valence-electron chi connectivity index (χ1n) is 6.68. The Morgan fingerprint density at radius 1 is 1.23 bits per heavy atom. The molecular formula is C16H16N2O4. The van der Waals surface area contributed by atoms with E-state index >= 15 is 0 Å². The Morgan fingerprint density at radius 2 is 1.95 bits per heavy atom. The molecular weight excluding hydrogens is 284 g/mol. The summed E-state index contributed by atoms with van der Waals surface area (Å²) in [6.07, 6.45) is 1.66. The zero-order valence-electron chi connectivity index (χ0n) is 12.0. The van der Waals surface area contributed by atoms with Crippen LogP contribution in [0.2, 0.25) is 0 Å². The summed E-state index contributed by atoms with van der Waals surface area (Å²) in [5.41, 5.74) is 0.970. The largest absolute Gasteiger partial charge is 0.497 e. The molecule has 0 aliphatic rings. The normalized spacial score (nSPS) is 11.5. The maximum atomic E-state index is 12.0. The van der Waals surface area contributed by atoms with Crippen molar-refractivity contribution in [3.8, 4) is 5.75 Å². The Balaban J connectivity index is 2.06. The van der Waals surface area contributed by atoms with Gasteiger partial charge in [0.05, 0.1) is 7.11 Å². The molecule has 1 heterocycles. The van der Waals surface area contributed by atoms with E-state index in [-0.39, 0.29) is 12.1 Å². The molecule has 2 aromatic rings. The maximum Gasteiger partial charge on any atom is 0.326 e. The topological polar surface area (TPSA) is 88.5 Å². The number of carboxylic acids is 1. The second kappa shape index (κ2) is 7.21. The van der Waals surface area contributed by atoms with Crippen LogP contribution in [0.1, 0.15) is 16.1 Å². The zero-order chi connectivity index (χ0) is 15.9. The molecule has 0 fully saturated rings. The highest BCUT2D eigenvalue weighted by Gasteiger charge is 2.21. The molecule has 0 bridgehead atoms. The van der Waals surface area contributed by atoms with Gasteiger partial charge in [-0.1, -0.05) is 18.2 Å². The summed E-state index contributed by atoms with van der Waals surface area (Å²) in [4.78, 5) is 27.2. The molecule has 114 valence electrons. The van der Waals surface area contributed by atoms with Gasteiger partial charge in [0.2, 0.25) is 0 Å². The number of methoxy groups -OCH3 is 1. The number of hydrogen-bond acceptors (Lipinski definition) is 4. The second-order valence-electron chi connectivity index (χ2n) is 4.63. The molecule has 0 aliphatic carbocycles. The molecule has 6 nitrogen and oxygen atoms in total. The monoisotopic (exact) mass is 300 g/mol. The molecule has 1 atom stereocenters. The molecule has 0 spiro atoms. The van der Waals surface area contributed by atoms with Crippen molar-refractivity contribution in [1.82, 2.24) is 10.3 Å². The van der Waals surface area contributed by atoms with Gasteiger partial charge in [-0.05, 0) is 29.8 Å². The van der Waals surface area contributed by atoms with E-state index < -0.39 is 17.9 Å². The number of ether oxygens (including phenoxy) is 1. The smallest absolute Gasteiger partial charge is 0.326 e. The molecule has 1 amide bonds.